The Labute approximate surface area is 186 Å². The number of carbonyl (C=O) groups excluding carboxylic acids is 1. The fourth-order valence-electron chi connectivity index (χ4n) is 4.04. The molecule has 30 heavy (non-hydrogen) atoms. The largest absolute Gasteiger partial charge is 0.481 e. The zero-order valence-electron chi connectivity index (χ0n) is 16.7. The van der Waals surface area contributed by atoms with Crippen LogP contribution in [0.25, 0.3) is 17.2 Å². The SMILES string of the molecule is Cc1ccc(-c2ccc(C=C3SC(=S)N(C4CCC(C(=O)O)CC4)C3=O)cc2)cc1. The minimum atomic E-state index is -0.743. The molecule has 0 atom stereocenters. The maximum atomic E-state index is 13.0. The van der Waals surface area contributed by atoms with E-state index >= 15 is 0 Å². The summed E-state index contributed by atoms with van der Waals surface area (Å²) in [7, 11) is 0. The summed E-state index contributed by atoms with van der Waals surface area (Å²) in [4.78, 5) is 26.5. The summed E-state index contributed by atoms with van der Waals surface area (Å²) in [6.07, 6.45) is 4.44. The Hall–Kier alpha value is -2.44. The summed E-state index contributed by atoms with van der Waals surface area (Å²) in [5.74, 6) is -1.11. The lowest BCUT2D eigenvalue weighted by atomic mass is 9.85. The minimum absolute atomic E-state index is 0.00270. The van der Waals surface area contributed by atoms with Gasteiger partial charge in [-0.2, -0.15) is 0 Å². The van der Waals surface area contributed by atoms with Gasteiger partial charge in [0.25, 0.3) is 5.91 Å². The van der Waals surface area contributed by atoms with E-state index in [1.54, 1.807) is 4.90 Å². The summed E-state index contributed by atoms with van der Waals surface area (Å²) in [5, 5.41) is 9.18. The Bertz CT molecular complexity index is 1000. The van der Waals surface area contributed by atoms with Crippen molar-refractivity contribution in [1.29, 1.82) is 0 Å². The van der Waals surface area contributed by atoms with Crippen LogP contribution in [0.4, 0.5) is 0 Å². The highest BCUT2D eigenvalue weighted by Gasteiger charge is 2.39. The molecule has 0 spiro atoms. The zero-order valence-corrected chi connectivity index (χ0v) is 18.3. The van der Waals surface area contributed by atoms with Crippen molar-refractivity contribution in [3.8, 4) is 11.1 Å². The number of aliphatic carboxylic acids is 1. The lowest BCUT2D eigenvalue weighted by Gasteiger charge is -2.32. The van der Waals surface area contributed by atoms with Crippen LogP contribution >= 0.6 is 24.0 Å². The maximum absolute atomic E-state index is 13.0. The van der Waals surface area contributed by atoms with Crippen molar-refractivity contribution < 1.29 is 14.7 Å². The first-order chi connectivity index (χ1) is 14.4. The summed E-state index contributed by atoms with van der Waals surface area (Å²) in [5.41, 5.74) is 4.49. The fraction of sp³-hybridized carbons (Fsp3) is 0.292. The number of carboxylic acid groups (broad SMARTS) is 1. The highest BCUT2D eigenvalue weighted by molar-refractivity contribution is 8.26. The Kier molecular flexibility index (Phi) is 6.06. The molecule has 1 aliphatic carbocycles. The Morgan fingerprint density at radius 3 is 2.17 bits per heavy atom. The molecule has 6 heteroatoms. The minimum Gasteiger partial charge on any atom is -0.481 e. The number of benzene rings is 2. The first-order valence-corrected chi connectivity index (χ1v) is 11.3. The molecule has 2 fully saturated rings. The fourth-order valence-corrected chi connectivity index (χ4v) is 5.45. The molecule has 154 valence electrons. The smallest absolute Gasteiger partial charge is 0.306 e. The number of aryl methyl sites for hydroxylation is 1. The standard InChI is InChI=1S/C24H23NO3S2/c1-15-2-6-17(7-3-15)18-8-4-16(5-9-18)14-21-22(26)25(24(29)30-21)20-12-10-19(11-13-20)23(27)28/h2-9,14,19-20H,10-13H2,1H3,(H,27,28). The molecule has 4 nitrogen and oxygen atoms in total. The van der Waals surface area contributed by atoms with Crippen LogP contribution in [-0.2, 0) is 9.59 Å². The van der Waals surface area contributed by atoms with Crippen LogP contribution in [0.5, 0.6) is 0 Å². The quantitative estimate of drug-likeness (QED) is 0.505. The van der Waals surface area contributed by atoms with E-state index in [1.165, 1.54) is 17.3 Å². The van der Waals surface area contributed by atoms with E-state index in [1.807, 2.05) is 18.2 Å². The van der Waals surface area contributed by atoms with Gasteiger partial charge in [-0.25, -0.2) is 0 Å². The number of amides is 1. The van der Waals surface area contributed by atoms with Gasteiger partial charge >= 0.3 is 5.97 Å². The number of nitrogens with zero attached hydrogens (tertiary/aromatic N) is 1. The van der Waals surface area contributed by atoms with Crippen molar-refractivity contribution >= 4 is 46.3 Å². The van der Waals surface area contributed by atoms with Crippen LogP contribution < -0.4 is 0 Å². The normalized spacial score (nSPS) is 23.2. The third kappa shape index (κ3) is 4.35. The van der Waals surface area contributed by atoms with E-state index in [0.717, 1.165) is 16.7 Å². The van der Waals surface area contributed by atoms with E-state index < -0.39 is 5.97 Å². The van der Waals surface area contributed by atoms with Crippen LogP contribution in [0.1, 0.15) is 36.8 Å². The van der Waals surface area contributed by atoms with Crippen molar-refractivity contribution in [3.05, 3.63) is 64.6 Å². The third-order valence-electron chi connectivity index (χ3n) is 5.83. The Morgan fingerprint density at radius 1 is 1.03 bits per heavy atom. The molecule has 0 radical (unpaired) electrons. The second-order valence-electron chi connectivity index (χ2n) is 7.88. The molecule has 2 aromatic carbocycles. The Balaban J connectivity index is 1.47. The summed E-state index contributed by atoms with van der Waals surface area (Å²) in [6.45, 7) is 2.07. The van der Waals surface area contributed by atoms with Gasteiger partial charge in [-0.15, -0.1) is 0 Å². The van der Waals surface area contributed by atoms with Crippen molar-refractivity contribution in [2.75, 3.05) is 0 Å². The average molecular weight is 438 g/mol. The van der Waals surface area contributed by atoms with Crippen molar-refractivity contribution in [2.45, 2.75) is 38.6 Å². The number of hydrogen-bond donors (Lipinski definition) is 1. The molecule has 0 bridgehead atoms. The van der Waals surface area contributed by atoms with Crippen LogP contribution in [0, 0.1) is 12.8 Å². The van der Waals surface area contributed by atoms with Crippen LogP contribution in [0.15, 0.2) is 53.4 Å². The molecular weight excluding hydrogens is 414 g/mol. The van der Waals surface area contributed by atoms with Crippen LogP contribution in [0.2, 0.25) is 0 Å². The predicted octanol–water partition coefficient (Wildman–Crippen LogP) is 5.51. The van der Waals surface area contributed by atoms with Crippen molar-refractivity contribution in [3.63, 3.8) is 0 Å². The van der Waals surface area contributed by atoms with Gasteiger partial charge in [-0.3, -0.25) is 14.5 Å². The zero-order chi connectivity index (χ0) is 21.3. The molecule has 1 heterocycles. The topological polar surface area (TPSA) is 57.6 Å². The van der Waals surface area contributed by atoms with E-state index in [0.29, 0.717) is 34.9 Å². The first-order valence-electron chi connectivity index (χ1n) is 10.1. The lowest BCUT2D eigenvalue weighted by Crippen LogP contribution is -2.41. The molecule has 1 saturated carbocycles. The number of rotatable bonds is 4. The molecule has 0 unspecified atom stereocenters. The molecule has 2 aliphatic rings. The van der Waals surface area contributed by atoms with Gasteiger partial charge < -0.3 is 5.11 Å². The van der Waals surface area contributed by atoms with E-state index in [4.69, 9.17) is 12.2 Å². The molecular formula is C24H23NO3S2. The second-order valence-corrected chi connectivity index (χ2v) is 9.56. The second kappa shape index (κ2) is 8.74. The molecule has 1 saturated heterocycles. The van der Waals surface area contributed by atoms with Crippen molar-refractivity contribution in [2.24, 2.45) is 5.92 Å². The van der Waals surface area contributed by atoms with Gasteiger partial charge in [-0.05, 0) is 55.4 Å². The van der Waals surface area contributed by atoms with Gasteiger partial charge in [0.05, 0.1) is 10.8 Å². The number of hydrogen-bond acceptors (Lipinski definition) is 4. The summed E-state index contributed by atoms with van der Waals surface area (Å²) < 4.78 is 0.571. The molecule has 0 aromatic heterocycles. The number of thiocarbonyl (C=S) groups is 1. The van der Waals surface area contributed by atoms with E-state index in [2.05, 4.69) is 43.3 Å². The van der Waals surface area contributed by atoms with Crippen LogP contribution in [0.3, 0.4) is 0 Å². The van der Waals surface area contributed by atoms with Gasteiger partial charge in [0.2, 0.25) is 0 Å². The molecule has 2 aromatic rings. The van der Waals surface area contributed by atoms with E-state index in [-0.39, 0.29) is 17.9 Å². The maximum Gasteiger partial charge on any atom is 0.306 e. The number of thioether (sulfide) groups is 1. The summed E-state index contributed by atoms with van der Waals surface area (Å²) >= 11 is 6.81. The van der Waals surface area contributed by atoms with Gasteiger partial charge in [0.1, 0.15) is 4.32 Å². The number of carboxylic acids is 1. The highest BCUT2D eigenvalue weighted by Crippen LogP contribution is 2.38. The van der Waals surface area contributed by atoms with Crippen LogP contribution in [-0.4, -0.2) is 32.2 Å². The molecule has 1 N–H and O–H groups in total. The number of carbonyl (C=O) groups is 2. The summed E-state index contributed by atoms with van der Waals surface area (Å²) in [6, 6.07) is 16.6. The third-order valence-corrected chi connectivity index (χ3v) is 7.16. The van der Waals surface area contributed by atoms with Gasteiger partial charge in [-0.1, -0.05) is 78.1 Å². The molecule has 4 rings (SSSR count). The Morgan fingerprint density at radius 2 is 1.60 bits per heavy atom. The average Bonchev–Trinajstić information content (AvgIpc) is 3.02. The van der Waals surface area contributed by atoms with Gasteiger partial charge in [0, 0.05) is 6.04 Å². The predicted molar refractivity (Wildman–Crippen MR) is 125 cm³/mol. The molecule has 1 amide bonds. The van der Waals surface area contributed by atoms with E-state index in [9.17, 15) is 14.7 Å². The first kappa shape index (κ1) is 20.8. The lowest BCUT2D eigenvalue weighted by molar-refractivity contribution is -0.143. The van der Waals surface area contributed by atoms with Gasteiger partial charge in [0.15, 0.2) is 0 Å². The van der Waals surface area contributed by atoms with Crippen molar-refractivity contribution in [1.82, 2.24) is 4.90 Å². The molecule has 1 aliphatic heterocycles. The highest BCUT2D eigenvalue weighted by atomic mass is 32.2. The monoisotopic (exact) mass is 437 g/mol.